The Balaban J connectivity index is 1.27. The molecule has 1 unspecified atom stereocenters. The second kappa shape index (κ2) is 9.00. The SMILES string of the molecule is C#CCCC1(CCC(=O)NC2CC(=O)N(c3ccc(Oc4ccccc4)cc3)C2)N=N1. The lowest BCUT2D eigenvalue weighted by atomic mass is 10.0. The number of anilines is 1. The van der Waals surface area contributed by atoms with Crippen LogP contribution in [0.5, 0.6) is 11.5 Å². The topological polar surface area (TPSA) is 83.4 Å². The Morgan fingerprint density at radius 2 is 1.84 bits per heavy atom. The van der Waals surface area contributed by atoms with Gasteiger partial charge in [-0.25, -0.2) is 0 Å². The molecule has 158 valence electrons. The van der Waals surface area contributed by atoms with Crippen LogP contribution in [0.15, 0.2) is 64.8 Å². The minimum Gasteiger partial charge on any atom is -0.457 e. The molecule has 31 heavy (non-hydrogen) atoms. The number of carbonyl (C=O) groups excluding carboxylic acids is 2. The van der Waals surface area contributed by atoms with E-state index in [2.05, 4.69) is 21.5 Å². The molecular weight excluding hydrogens is 392 g/mol. The van der Waals surface area contributed by atoms with Crippen LogP contribution >= 0.6 is 0 Å². The molecular formula is C24H24N4O3. The molecule has 2 aliphatic heterocycles. The largest absolute Gasteiger partial charge is 0.457 e. The fourth-order valence-corrected chi connectivity index (χ4v) is 3.65. The number of amides is 2. The second-order valence-corrected chi connectivity index (χ2v) is 7.77. The average molecular weight is 416 g/mol. The van der Waals surface area contributed by atoms with Gasteiger partial charge < -0.3 is 15.0 Å². The molecule has 0 aromatic heterocycles. The zero-order chi connectivity index (χ0) is 21.7. The van der Waals surface area contributed by atoms with Crippen molar-refractivity contribution in [1.29, 1.82) is 0 Å². The molecule has 0 saturated carbocycles. The second-order valence-electron chi connectivity index (χ2n) is 7.77. The molecule has 0 radical (unpaired) electrons. The summed E-state index contributed by atoms with van der Waals surface area (Å²) in [5.41, 5.74) is 0.316. The summed E-state index contributed by atoms with van der Waals surface area (Å²) >= 11 is 0. The first-order valence-corrected chi connectivity index (χ1v) is 10.4. The molecule has 1 atom stereocenters. The summed E-state index contributed by atoms with van der Waals surface area (Å²) in [6.07, 6.45) is 7.70. The summed E-state index contributed by atoms with van der Waals surface area (Å²) in [4.78, 5) is 26.5. The lowest BCUT2D eigenvalue weighted by Gasteiger charge is -2.18. The van der Waals surface area contributed by atoms with Crippen molar-refractivity contribution in [3.05, 3.63) is 54.6 Å². The lowest BCUT2D eigenvalue weighted by Crippen LogP contribution is -2.37. The molecule has 0 bridgehead atoms. The van der Waals surface area contributed by atoms with Crippen molar-refractivity contribution >= 4 is 17.5 Å². The Hall–Kier alpha value is -3.66. The van der Waals surface area contributed by atoms with Crippen molar-refractivity contribution in [1.82, 2.24) is 5.32 Å². The van der Waals surface area contributed by atoms with E-state index in [-0.39, 0.29) is 24.3 Å². The number of nitrogens with one attached hydrogen (secondary N) is 1. The van der Waals surface area contributed by atoms with Crippen molar-refractivity contribution < 1.29 is 14.3 Å². The normalized spacial score (nSPS) is 18.5. The van der Waals surface area contributed by atoms with Crippen LogP contribution in [0.3, 0.4) is 0 Å². The standard InChI is InChI=1S/C24H24N4O3/c1-2-3-14-24(26-27-24)15-13-22(29)25-18-16-23(30)28(17-18)19-9-11-21(12-10-19)31-20-7-5-4-6-8-20/h1,4-12,18H,3,13-17H2,(H,25,29). The van der Waals surface area contributed by atoms with Gasteiger partial charge in [0.2, 0.25) is 11.8 Å². The van der Waals surface area contributed by atoms with Crippen molar-refractivity contribution in [3.63, 3.8) is 0 Å². The van der Waals surface area contributed by atoms with Gasteiger partial charge in [0.05, 0.1) is 6.04 Å². The Bertz CT molecular complexity index is 1010. The number of para-hydroxylation sites is 1. The fraction of sp³-hybridized carbons (Fsp3) is 0.333. The Morgan fingerprint density at radius 3 is 2.52 bits per heavy atom. The summed E-state index contributed by atoms with van der Waals surface area (Å²) in [6, 6.07) is 16.7. The van der Waals surface area contributed by atoms with Crippen LogP contribution in [0.2, 0.25) is 0 Å². The first-order valence-electron chi connectivity index (χ1n) is 10.4. The highest BCUT2D eigenvalue weighted by Crippen LogP contribution is 2.37. The molecule has 0 aliphatic carbocycles. The van der Waals surface area contributed by atoms with E-state index in [0.717, 1.165) is 11.4 Å². The highest BCUT2D eigenvalue weighted by Gasteiger charge is 2.39. The summed E-state index contributed by atoms with van der Waals surface area (Å²) in [5.74, 6) is 3.92. The summed E-state index contributed by atoms with van der Waals surface area (Å²) in [7, 11) is 0. The quantitative estimate of drug-likeness (QED) is 0.626. The van der Waals surface area contributed by atoms with Crippen LogP contribution in [0.1, 0.15) is 32.1 Å². The highest BCUT2D eigenvalue weighted by atomic mass is 16.5. The van der Waals surface area contributed by atoms with Gasteiger partial charge in [0, 0.05) is 44.3 Å². The number of benzene rings is 2. The van der Waals surface area contributed by atoms with Gasteiger partial charge in [-0.15, -0.1) is 12.3 Å². The van der Waals surface area contributed by atoms with Gasteiger partial charge in [0.1, 0.15) is 11.5 Å². The van der Waals surface area contributed by atoms with Gasteiger partial charge in [-0.2, -0.15) is 10.2 Å². The predicted molar refractivity (Wildman–Crippen MR) is 117 cm³/mol. The van der Waals surface area contributed by atoms with E-state index >= 15 is 0 Å². The van der Waals surface area contributed by atoms with Gasteiger partial charge in [0.15, 0.2) is 5.66 Å². The zero-order valence-electron chi connectivity index (χ0n) is 17.2. The van der Waals surface area contributed by atoms with Gasteiger partial charge in [-0.1, -0.05) is 18.2 Å². The molecule has 2 aliphatic rings. The maximum absolute atomic E-state index is 12.5. The van der Waals surface area contributed by atoms with Crippen molar-refractivity contribution in [2.75, 3.05) is 11.4 Å². The Kier molecular flexibility index (Phi) is 5.99. The molecule has 1 N–H and O–H groups in total. The van der Waals surface area contributed by atoms with Crippen molar-refractivity contribution in [2.24, 2.45) is 10.2 Å². The van der Waals surface area contributed by atoms with E-state index in [1.54, 1.807) is 4.90 Å². The predicted octanol–water partition coefficient (Wildman–Crippen LogP) is 4.06. The highest BCUT2D eigenvalue weighted by molar-refractivity contribution is 5.96. The van der Waals surface area contributed by atoms with E-state index in [1.165, 1.54) is 0 Å². The monoisotopic (exact) mass is 416 g/mol. The number of rotatable bonds is 9. The van der Waals surface area contributed by atoms with Crippen LogP contribution in [0, 0.1) is 12.3 Å². The van der Waals surface area contributed by atoms with E-state index in [1.807, 2.05) is 54.6 Å². The molecule has 7 nitrogen and oxygen atoms in total. The smallest absolute Gasteiger partial charge is 0.229 e. The van der Waals surface area contributed by atoms with E-state index in [9.17, 15) is 9.59 Å². The third kappa shape index (κ3) is 5.28. The maximum atomic E-state index is 12.5. The molecule has 4 rings (SSSR count). The Labute approximate surface area is 181 Å². The zero-order valence-corrected chi connectivity index (χ0v) is 17.2. The average Bonchev–Trinajstić information content (AvgIpc) is 3.47. The Morgan fingerprint density at radius 1 is 1.13 bits per heavy atom. The van der Waals surface area contributed by atoms with Crippen LogP contribution in [-0.2, 0) is 9.59 Å². The summed E-state index contributed by atoms with van der Waals surface area (Å²) in [5, 5.41) is 11.1. The number of nitrogens with zero attached hydrogens (tertiary/aromatic N) is 3. The van der Waals surface area contributed by atoms with E-state index < -0.39 is 5.66 Å². The molecule has 7 heteroatoms. The van der Waals surface area contributed by atoms with Gasteiger partial charge in [0.25, 0.3) is 0 Å². The number of carbonyl (C=O) groups is 2. The number of hydrogen-bond donors (Lipinski definition) is 1. The molecule has 1 fully saturated rings. The van der Waals surface area contributed by atoms with E-state index in [4.69, 9.17) is 11.2 Å². The van der Waals surface area contributed by atoms with Crippen molar-refractivity contribution in [2.45, 2.75) is 43.8 Å². The van der Waals surface area contributed by atoms with Gasteiger partial charge in [-0.05, 0) is 36.4 Å². The van der Waals surface area contributed by atoms with Crippen LogP contribution in [0.25, 0.3) is 0 Å². The molecule has 2 aromatic rings. The fourth-order valence-electron chi connectivity index (χ4n) is 3.65. The summed E-state index contributed by atoms with van der Waals surface area (Å²) in [6.45, 7) is 0.445. The van der Waals surface area contributed by atoms with Crippen LogP contribution in [-0.4, -0.2) is 30.1 Å². The lowest BCUT2D eigenvalue weighted by molar-refractivity contribution is -0.122. The van der Waals surface area contributed by atoms with Crippen LogP contribution < -0.4 is 15.0 Å². The number of hydrogen-bond acceptors (Lipinski definition) is 5. The van der Waals surface area contributed by atoms with Gasteiger partial charge in [-0.3, -0.25) is 9.59 Å². The minimum absolute atomic E-state index is 0.0142. The molecule has 2 amide bonds. The summed E-state index contributed by atoms with van der Waals surface area (Å²) < 4.78 is 5.79. The molecule has 2 aromatic carbocycles. The first-order chi connectivity index (χ1) is 15.1. The number of terminal acetylenes is 1. The maximum Gasteiger partial charge on any atom is 0.229 e. The molecule has 0 spiro atoms. The molecule has 1 saturated heterocycles. The van der Waals surface area contributed by atoms with E-state index in [0.29, 0.717) is 38.0 Å². The third-order valence-electron chi connectivity index (χ3n) is 5.42. The third-order valence-corrected chi connectivity index (χ3v) is 5.42. The van der Waals surface area contributed by atoms with Gasteiger partial charge >= 0.3 is 0 Å². The van der Waals surface area contributed by atoms with Crippen molar-refractivity contribution in [3.8, 4) is 23.8 Å². The van der Waals surface area contributed by atoms with Crippen LogP contribution in [0.4, 0.5) is 5.69 Å². The first kappa shape index (κ1) is 20.6. The number of ether oxygens (including phenoxy) is 1. The minimum atomic E-state index is -0.467. The molecule has 2 heterocycles.